The standard InChI is InChI=1S/C17H16N4O2S/c1-23-11-4-2-10(3-5-11)17(22)21-7-6-12-13(8-21)24-16-14(12)15(18)19-9-20-16/h2-5,9H,6-8H2,1H3,(H2,18,19,20). The largest absolute Gasteiger partial charge is 0.497 e. The summed E-state index contributed by atoms with van der Waals surface area (Å²) in [5.74, 6) is 1.29. The van der Waals surface area contributed by atoms with E-state index in [0.717, 1.165) is 27.3 Å². The summed E-state index contributed by atoms with van der Waals surface area (Å²) in [6.45, 7) is 1.25. The maximum absolute atomic E-state index is 12.7. The molecule has 1 amide bonds. The van der Waals surface area contributed by atoms with E-state index in [9.17, 15) is 4.79 Å². The molecule has 3 aromatic rings. The van der Waals surface area contributed by atoms with Gasteiger partial charge in [0.1, 0.15) is 22.7 Å². The van der Waals surface area contributed by atoms with Crippen LogP contribution < -0.4 is 10.5 Å². The van der Waals surface area contributed by atoms with Gasteiger partial charge in [0.25, 0.3) is 5.91 Å². The fraction of sp³-hybridized carbons (Fsp3) is 0.235. The average Bonchev–Trinajstić information content (AvgIpc) is 3.00. The summed E-state index contributed by atoms with van der Waals surface area (Å²) < 4.78 is 5.14. The summed E-state index contributed by atoms with van der Waals surface area (Å²) in [5.41, 5.74) is 7.85. The third-order valence-electron chi connectivity index (χ3n) is 4.29. The van der Waals surface area contributed by atoms with Gasteiger partial charge in [0.15, 0.2) is 0 Å². The second kappa shape index (κ2) is 5.76. The molecule has 1 aromatic carbocycles. The van der Waals surface area contributed by atoms with Gasteiger partial charge in [0.2, 0.25) is 0 Å². The van der Waals surface area contributed by atoms with Crippen LogP contribution in [-0.4, -0.2) is 34.4 Å². The normalized spacial score (nSPS) is 13.8. The number of thiophene rings is 1. The van der Waals surface area contributed by atoms with Gasteiger partial charge in [-0.15, -0.1) is 11.3 Å². The van der Waals surface area contributed by atoms with Crippen LogP contribution in [0.3, 0.4) is 0 Å². The average molecular weight is 340 g/mol. The molecule has 6 nitrogen and oxygen atoms in total. The molecule has 0 bridgehead atoms. The number of aromatic nitrogens is 2. The molecule has 1 aliphatic heterocycles. The lowest BCUT2D eigenvalue weighted by molar-refractivity contribution is 0.0737. The van der Waals surface area contributed by atoms with Crippen LogP contribution in [0.1, 0.15) is 20.8 Å². The van der Waals surface area contributed by atoms with E-state index in [1.165, 1.54) is 11.9 Å². The number of nitrogens with zero attached hydrogens (tertiary/aromatic N) is 3. The first-order valence-corrected chi connectivity index (χ1v) is 8.43. The van der Waals surface area contributed by atoms with Crippen molar-refractivity contribution in [3.05, 3.63) is 46.6 Å². The summed E-state index contributed by atoms with van der Waals surface area (Å²) in [5, 5.41) is 0.953. The fourth-order valence-electron chi connectivity index (χ4n) is 3.04. The van der Waals surface area contributed by atoms with E-state index in [2.05, 4.69) is 9.97 Å². The number of carbonyl (C=O) groups excluding carboxylic acids is 1. The molecule has 0 spiro atoms. The highest BCUT2D eigenvalue weighted by molar-refractivity contribution is 7.19. The Kier molecular flexibility index (Phi) is 3.57. The Bertz CT molecular complexity index is 920. The molecule has 4 rings (SSSR count). The van der Waals surface area contributed by atoms with Gasteiger partial charge in [-0.05, 0) is 36.2 Å². The maximum atomic E-state index is 12.7. The Hall–Kier alpha value is -2.67. The van der Waals surface area contributed by atoms with Crippen molar-refractivity contribution in [3.8, 4) is 5.75 Å². The van der Waals surface area contributed by atoms with E-state index in [4.69, 9.17) is 10.5 Å². The Morgan fingerprint density at radius 3 is 2.83 bits per heavy atom. The number of nitrogens with two attached hydrogens (primary N) is 1. The molecule has 0 saturated heterocycles. The van der Waals surface area contributed by atoms with Crippen molar-refractivity contribution in [1.29, 1.82) is 0 Å². The first-order chi connectivity index (χ1) is 11.7. The highest BCUT2D eigenvalue weighted by Gasteiger charge is 2.26. The van der Waals surface area contributed by atoms with Crippen molar-refractivity contribution >= 4 is 33.3 Å². The lowest BCUT2D eigenvalue weighted by Gasteiger charge is -2.27. The van der Waals surface area contributed by atoms with Crippen LogP contribution >= 0.6 is 11.3 Å². The molecule has 0 unspecified atom stereocenters. The number of methoxy groups -OCH3 is 1. The molecule has 1 aliphatic rings. The highest BCUT2D eigenvalue weighted by atomic mass is 32.1. The van der Waals surface area contributed by atoms with Crippen LogP contribution in [0.5, 0.6) is 5.75 Å². The number of benzene rings is 1. The summed E-state index contributed by atoms with van der Waals surface area (Å²) in [6.07, 6.45) is 2.26. The zero-order valence-corrected chi connectivity index (χ0v) is 14.0. The molecular weight excluding hydrogens is 324 g/mol. The smallest absolute Gasteiger partial charge is 0.254 e. The number of rotatable bonds is 2. The van der Waals surface area contributed by atoms with Crippen molar-refractivity contribution in [2.24, 2.45) is 0 Å². The predicted octanol–water partition coefficient (Wildman–Crippen LogP) is 2.48. The van der Waals surface area contributed by atoms with Gasteiger partial charge >= 0.3 is 0 Å². The fourth-order valence-corrected chi connectivity index (χ4v) is 4.25. The number of ether oxygens (including phenoxy) is 1. The van der Waals surface area contributed by atoms with Crippen molar-refractivity contribution in [3.63, 3.8) is 0 Å². The van der Waals surface area contributed by atoms with Crippen molar-refractivity contribution < 1.29 is 9.53 Å². The van der Waals surface area contributed by atoms with E-state index in [1.54, 1.807) is 42.7 Å². The van der Waals surface area contributed by atoms with Gasteiger partial charge in [-0.1, -0.05) is 0 Å². The zero-order valence-electron chi connectivity index (χ0n) is 13.2. The van der Waals surface area contributed by atoms with Crippen LogP contribution in [0, 0.1) is 0 Å². The maximum Gasteiger partial charge on any atom is 0.254 e. The number of anilines is 1. The molecule has 3 heterocycles. The molecule has 0 radical (unpaired) electrons. The monoisotopic (exact) mass is 340 g/mol. The van der Waals surface area contributed by atoms with E-state index in [0.29, 0.717) is 24.5 Å². The second-order valence-electron chi connectivity index (χ2n) is 5.65. The number of hydrogen-bond acceptors (Lipinski definition) is 6. The van der Waals surface area contributed by atoms with Crippen LogP contribution in [0.25, 0.3) is 10.2 Å². The van der Waals surface area contributed by atoms with Crippen LogP contribution in [-0.2, 0) is 13.0 Å². The van der Waals surface area contributed by atoms with Gasteiger partial charge in [0.05, 0.1) is 19.0 Å². The van der Waals surface area contributed by atoms with E-state index >= 15 is 0 Å². The topological polar surface area (TPSA) is 81.3 Å². The number of amides is 1. The summed E-state index contributed by atoms with van der Waals surface area (Å²) in [7, 11) is 1.61. The highest BCUT2D eigenvalue weighted by Crippen LogP contribution is 2.36. The van der Waals surface area contributed by atoms with Gasteiger partial charge in [-0.3, -0.25) is 4.79 Å². The molecule has 0 atom stereocenters. The third kappa shape index (κ3) is 2.37. The SMILES string of the molecule is COc1ccc(C(=O)N2CCc3c(sc4ncnc(N)c34)C2)cc1. The molecule has 122 valence electrons. The summed E-state index contributed by atoms with van der Waals surface area (Å²) in [6, 6.07) is 7.20. The first kappa shape index (κ1) is 14.9. The van der Waals surface area contributed by atoms with Crippen molar-refractivity contribution in [2.45, 2.75) is 13.0 Å². The van der Waals surface area contributed by atoms with E-state index < -0.39 is 0 Å². The Morgan fingerprint density at radius 1 is 1.29 bits per heavy atom. The third-order valence-corrected chi connectivity index (χ3v) is 5.42. The Balaban J connectivity index is 1.63. The Morgan fingerprint density at radius 2 is 2.08 bits per heavy atom. The van der Waals surface area contributed by atoms with E-state index in [-0.39, 0.29) is 5.91 Å². The minimum Gasteiger partial charge on any atom is -0.497 e. The molecule has 0 saturated carbocycles. The van der Waals surface area contributed by atoms with Gasteiger partial charge in [0, 0.05) is 17.0 Å². The zero-order chi connectivity index (χ0) is 16.7. The minimum absolute atomic E-state index is 0.0276. The van der Waals surface area contributed by atoms with Crippen molar-refractivity contribution in [1.82, 2.24) is 14.9 Å². The van der Waals surface area contributed by atoms with Crippen LogP contribution in [0.4, 0.5) is 5.82 Å². The number of carbonyl (C=O) groups is 1. The van der Waals surface area contributed by atoms with Gasteiger partial charge in [-0.2, -0.15) is 0 Å². The van der Waals surface area contributed by atoms with Gasteiger partial charge < -0.3 is 15.4 Å². The number of fused-ring (bicyclic) bond motifs is 3. The molecule has 2 aromatic heterocycles. The van der Waals surface area contributed by atoms with Gasteiger partial charge in [-0.25, -0.2) is 9.97 Å². The quantitative estimate of drug-likeness (QED) is 0.775. The molecule has 24 heavy (non-hydrogen) atoms. The molecule has 0 fully saturated rings. The Labute approximate surface area is 142 Å². The molecule has 7 heteroatoms. The summed E-state index contributed by atoms with van der Waals surface area (Å²) in [4.78, 5) is 25.0. The number of hydrogen-bond donors (Lipinski definition) is 1. The predicted molar refractivity (Wildman–Crippen MR) is 93.3 cm³/mol. The van der Waals surface area contributed by atoms with Crippen molar-refractivity contribution in [2.75, 3.05) is 19.4 Å². The van der Waals surface area contributed by atoms with Crippen LogP contribution in [0.2, 0.25) is 0 Å². The lowest BCUT2D eigenvalue weighted by Crippen LogP contribution is -2.35. The second-order valence-corrected chi connectivity index (χ2v) is 6.73. The molecular formula is C17H16N4O2S. The summed E-state index contributed by atoms with van der Waals surface area (Å²) >= 11 is 1.59. The lowest BCUT2D eigenvalue weighted by atomic mass is 10.0. The van der Waals surface area contributed by atoms with Crippen LogP contribution in [0.15, 0.2) is 30.6 Å². The first-order valence-electron chi connectivity index (χ1n) is 7.61. The molecule has 2 N–H and O–H groups in total. The van der Waals surface area contributed by atoms with E-state index in [1.807, 2.05) is 4.90 Å². The number of nitrogen functional groups attached to an aromatic ring is 1. The molecule has 0 aliphatic carbocycles. The minimum atomic E-state index is 0.0276.